The molecule has 0 aliphatic carbocycles. The second-order valence-corrected chi connectivity index (χ2v) is 4.83. The summed E-state index contributed by atoms with van der Waals surface area (Å²) in [7, 11) is 1.64. The molecule has 6 heteroatoms. The van der Waals surface area contributed by atoms with E-state index in [0.29, 0.717) is 25.5 Å². The molecule has 1 aliphatic rings. The highest BCUT2D eigenvalue weighted by Crippen LogP contribution is 2.21. The number of nitrogens with one attached hydrogen (secondary N) is 2. The van der Waals surface area contributed by atoms with Crippen LogP contribution in [0, 0.1) is 0 Å². The van der Waals surface area contributed by atoms with E-state index in [4.69, 9.17) is 9.47 Å². The van der Waals surface area contributed by atoms with Crippen molar-refractivity contribution in [2.45, 2.75) is 18.9 Å². The largest absolute Gasteiger partial charge is 0.384 e. The Morgan fingerprint density at radius 3 is 2.95 bits per heavy atom. The van der Waals surface area contributed by atoms with Crippen molar-refractivity contribution in [1.82, 2.24) is 10.3 Å². The highest BCUT2D eigenvalue weighted by molar-refractivity contribution is 5.92. The van der Waals surface area contributed by atoms with Crippen LogP contribution in [0.2, 0.25) is 0 Å². The maximum Gasteiger partial charge on any atom is 0.269 e. The van der Waals surface area contributed by atoms with E-state index < -0.39 is 5.60 Å². The molecule has 110 valence electrons. The predicted octanol–water partition coefficient (Wildman–Crippen LogP) is 1.05. The van der Waals surface area contributed by atoms with Gasteiger partial charge in [-0.15, -0.1) is 0 Å². The molecule has 0 saturated carbocycles. The van der Waals surface area contributed by atoms with Crippen LogP contribution < -0.4 is 10.6 Å². The molecule has 1 unspecified atom stereocenters. The van der Waals surface area contributed by atoms with Gasteiger partial charge in [-0.1, -0.05) is 0 Å². The van der Waals surface area contributed by atoms with Gasteiger partial charge in [0.15, 0.2) is 0 Å². The van der Waals surface area contributed by atoms with Crippen molar-refractivity contribution in [2.75, 3.05) is 38.7 Å². The number of hydrogen-bond acceptors (Lipinski definition) is 5. The number of carbonyl (C=O) groups is 1. The maximum atomic E-state index is 12.0. The molecule has 20 heavy (non-hydrogen) atoms. The van der Waals surface area contributed by atoms with Gasteiger partial charge in [-0.3, -0.25) is 4.79 Å². The third-order valence-electron chi connectivity index (χ3n) is 3.45. The third-order valence-corrected chi connectivity index (χ3v) is 3.45. The number of hydrogen-bond donors (Lipinski definition) is 2. The van der Waals surface area contributed by atoms with Crippen LogP contribution in [-0.4, -0.2) is 49.9 Å². The maximum absolute atomic E-state index is 12.0. The van der Waals surface area contributed by atoms with Crippen LogP contribution in [0.25, 0.3) is 0 Å². The fourth-order valence-electron chi connectivity index (χ4n) is 2.13. The predicted molar refractivity (Wildman–Crippen MR) is 75.9 cm³/mol. The smallest absolute Gasteiger partial charge is 0.269 e. The number of nitrogens with zero attached hydrogens (tertiary/aromatic N) is 1. The third kappa shape index (κ3) is 3.46. The summed E-state index contributed by atoms with van der Waals surface area (Å²) in [6.07, 6.45) is 2.44. The average Bonchev–Trinajstić information content (AvgIpc) is 2.95. The first kappa shape index (κ1) is 14.7. The van der Waals surface area contributed by atoms with Gasteiger partial charge in [0.1, 0.15) is 11.3 Å². The summed E-state index contributed by atoms with van der Waals surface area (Å²) < 4.78 is 10.8. The molecule has 0 bridgehead atoms. The number of aromatic nitrogens is 1. The zero-order chi connectivity index (χ0) is 14.4. The van der Waals surface area contributed by atoms with E-state index in [9.17, 15) is 4.79 Å². The molecule has 1 saturated heterocycles. The average molecular weight is 279 g/mol. The van der Waals surface area contributed by atoms with Gasteiger partial charge < -0.3 is 20.1 Å². The molecule has 1 aromatic rings. The van der Waals surface area contributed by atoms with Gasteiger partial charge in [-0.2, -0.15) is 0 Å². The number of carbonyl (C=O) groups excluding carboxylic acids is 1. The van der Waals surface area contributed by atoms with Crippen molar-refractivity contribution in [2.24, 2.45) is 0 Å². The quantitative estimate of drug-likeness (QED) is 0.814. The van der Waals surface area contributed by atoms with Gasteiger partial charge in [0, 0.05) is 33.2 Å². The zero-order valence-corrected chi connectivity index (χ0v) is 11.9. The minimum absolute atomic E-state index is 0.198. The first-order valence-corrected chi connectivity index (χ1v) is 6.80. The van der Waals surface area contributed by atoms with Gasteiger partial charge in [0.2, 0.25) is 0 Å². The minimum Gasteiger partial charge on any atom is -0.384 e. The van der Waals surface area contributed by atoms with Gasteiger partial charge in [0.05, 0.1) is 18.5 Å². The van der Waals surface area contributed by atoms with E-state index in [1.807, 2.05) is 13.0 Å². The van der Waals surface area contributed by atoms with E-state index >= 15 is 0 Å². The standard InChI is InChI=1S/C14H21N3O3/c1-3-15-11-4-5-12(16-8-11)13(18)17-9-14(19-2)6-7-20-10-14/h4-5,8,15H,3,6-7,9-10H2,1-2H3,(H,17,18). The number of anilines is 1. The summed E-state index contributed by atoms with van der Waals surface area (Å²) in [6, 6.07) is 3.55. The molecule has 0 spiro atoms. The summed E-state index contributed by atoms with van der Waals surface area (Å²) >= 11 is 0. The van der Waals surface area contributed by atoms with Crippen LogP contribution in [0.15, 0.2) is 18.3 Å². The van der Waals surface area contributed by atoms with E-state index in [1.165, 1.54) is 0 Å². The Balaban J connectivity index is 1.91. The second-order valence-electron chi connectivity index (χ2n) is 4.83. The number of methoxy groups -OCH3 is 1. The Bertz CT molecular complexity index is 441. The summed E-state index contributed by atoms with van der Waals surface area (Å²) in [5.74, 6) is -0.198. The molecule has 1 fully saturated rings. The lowest BCUT2D eigenvalue weighted by molar-refractivity contribution is -0.0149. The van der Waals surface area contributed by atoms with Crippen LogP contribution >= 0.6 is 0 Å². The van der Waals surface area contributed by atoms with Crippen molar-refractivity contribution in [1.29, 1.82) is 0 Å². The fraction of sp³-hybridized carbons (Fsp3) is 0.571. The molecular formula is C14H21N3O3. The molecule has 1 aromatic heterocycles. The molecule has 0 radical (unpaired) electrons. The Kier molecular flexibility index (Phi) is 4.92. The molecule has 2 N–H and O–H groups in total. The second kappa shape index (κ2) is 6.67. The van der Waals surface area contributed by atoms with Crippen molar-refractivity contribution in [3.05, 3.63) is 24.0 Å². The molecule has 2 heterocycles. The summed E-state index contributed by atoms with van der Waals surface area (Å²) in [5.41, 5.74) is 0.901. The summed E-state index contributed by atoms with van der Waals surface area (Å²) in [4.78, 5) is 16.2. The van der Waals surface area contributed by atoms with E-state index in [2.05, 4.69) is 15.6 Å². The van der Waals surface area contributed by atoms with Crippen LogP contribution in [0.5, 0.6) is 0 Å². The van der Waals surface area contributed by atoms with Crippen molar-refractivity contribution >= 4 is 11.6 Å². The molecule has 6 nitrogen and oxygen atoms in total. The van der Waals surface area contributed by atoms with E-state index in [-0.39, 0.29) is 5.91 Å². The Morgan fingerprint density at radius 2 is 2.40 bits per heavy atom. The van der Waals surface area contributed by atoms with Gasteiger partial charge in [-0.05, 0) is 19.1 Å². The fourth-order valence-corrected chi connectivity index (χ4v) is 2.13. The van der Waals surface area contributed by atoms with Gasteiger partial charge >= 0.3 is 0 Å². The van der Waals surface area contributed by atoms with Crippen LogP contribution in [0.3, 0.4) is 0 Å². The van der Waals surface area contributed by atoms with E-state index in [0.717, 1.165) is 18.7 Å². The van der Waals surface area contributed by atoms with Gasteiger partial charge in [0.25, 0.3) is 5.91 Å². The molecule has 2 rings (SSSR count). The minimum atomic E-state index is -0.403. The molecule has 1 aliphatic heterocycles. The molecular weight excluding hydrogens is 258 g/mol. The zero-order valence-electron chi connectivity index (χ0n) is 11.9. The highest BCUT2D eigenvalue weighted by atomic mass is 16.5. The number of ether oxygens (including phenoxy) is 2. The summed E-state index contributed by atoms with van der Waals surface area (Å²) in [5, 5.41) is 5.99. The number of pyridine rings is 1. The van der Waals surface area contributed by atoms with Crippen LogP contribution in [0.1, 0.15) is 23.8 Å². The van der Waals surface area contributed by atoms with Crippen molar-refractivity contribution < 1.29 is 14.3 Å². The Labute approximate surface area is 118 Å². The SMILES string of the molecule is CCNc1ccc(C(=O)NCC2(OC)CCOC2)nc1. The highest BCUT2D eigenvalue weighted by Gasteiger charge is 2.35. The van der Waals surface area contributed by atoms with Crippen molar-refractivity contribution in [3.8, 4) is 0 Å². The lowest BCUT2D eigenvalue weighted by Crippen LogP contribution is -2.45. The van der Waals surface area contributed by atoms with Crippen LogP contribution in [0.4, 0.5) is 5.69 Å². The lowest BCUT2D eigenvalue weighted by Gasteiger charge is -2.25. The Hall–Kier alpha value is -1.66. The lowest BCUT2D eigenvalue weighted by atomic mass is 10.0. The Morgan fingerprint density at radius 1 is 1.55 bits per heavy atom. The number of rotatable bonds is 6. The number of amides is 1. The van der Waals surface area contributed by atoms with E-state index in [1.54, 1.807) is 19.4 Å². The normalized spacial score (nSPS) is 21.7. The first-order valence-electron chi connectivity index (χ1n) is 6.80. The topological polar surface area (TPSA) is 72.5 Å². The first-order chi connectivity index (χ1) is 9.69. The monoisotopic (exact) mass is 279 g/mol. The molecule has 1 atom stereocenters. The van der Waals surface area contributed by atoms with Gasteiger partial charge in [-0.25, -0.2) is 4.98 Å². The van der Waals surface area contributed by atoms with Crippen LogP contribution in [-0.2, 0) is 9.47 Å². The molecule has 1 amide bonds. The summed E-state index contributed by atoms with van der Waals surface area (Å²) in [6.45, 7) is 4.44. The molecule has 0 aromatic carbocycles. The van der Waals surface area contributed by atoms with Crippen molar-refractivity contribution in [3.63, 3.8) is 0 Å².